The standard InChI is InChI=1S/C13H10ClN3O/c1-2-12-16-11(14)7-13(17-12)18-10-5-3-9(8-15)4-6-10/h3-7H,2H2,1H3. The zero-order valence-electron chi connectivity index (χ0n) is 9.72. The largest absolute Gasteiger partial charge is 0.439 e. The first-order valence-corrected chi connectivity index (χ1v) is 5.80. The van der Waals surface area contributed by atoms with Crippen LogP contribution in [-0.4, -0.2) is 9.97 Å². The van der Waals surface area contributed by atoms with Crippen molar-refractivity contribution in [3.63, 3.8) is 0 Å². The van der Waals surface area contributed by atoms with Crippen molar-refractivity contribution in [2.24, 2.45) is 0 Å². The average Bonchev–Trinajstić information content (AvgIpc) is 2.39. The molecule has 0 N–H and O–H groups in total. The molecule has 0 aliphatic carbocycles. The third-order valence-corrected chi connectivity index (χ3v) is 2.43. The summed E-state index contributed by atoms with van der Waals surface area (Å²) in [4.78, 5) is 8.26. The van der Waals surface area contributed by atoms with Gasteiger partial charge >= 0.3 is 0 Å². The summed E-state index contributed by atoms with van der Waals surface area (Å²) in [6, 6.07) is 10.4. The van der Waals surface area contributed by atoms with Crippen LogP contribution in [0, 0.1) is 11.3 Å². The molecule has 0 unspecified atom stereocenters. The number of aromatic nitrogens is 2. The Morgan fingerprint density at radius 2 is 2.00 bits per heavy atom. The lowest BCUT2D eigenvalue weighted by molar-refractivity contribution is 0.459. The summed E-state index contributed by atoms with van der Waals surface area (Å²) in [5, 5.41) is 9.05. The Hall–Kier alpha value is -2.12. The van der Waals surface area contributed by atoms with E-state index in [0.717, 1.165) is 0 Å². The van der Waals surface area contributed by atoms with Crippen LogP contribution in [0.4, 0.5) is 0 Å². The van der Waals surface area contributed by atoms with Gasteiger partial charge in [-0.25, -0.2) is 4.98 Å². The highest BCUT2D eigenvalue weighted by Crippen LogP contribution is 2.22. The molecular formula is C13H10ClN3O. The average molecular weight is 260 g/mol. The van der Waals surface area contributed by atoms with Crippen molar-refractivity contribution in [1.29, 1.82) is 5.26 Å². The molecule has 0 amide bonds. The quantitative estimate of drug-likeness (QED) is 0.793. The van der Waals surface area contributed by atoms with E-state index in [1.807, 2.05) is 13.0 Å². The fraction of sp³-hybridized carbons (Fsp3) is 0.154. The maximum Gasteiger partial charge on any atom is 0.224 e. The van der Waals surface area contributed by atoms with E-state index < -0.39 is 0 Å². The van der Waals surface area contributed by atoms with Crippen molar-refractivity contribution < 1.29 is 4.74 Å². The molecule has 1 heterocycles. The predicted octanol–water partition coefficient (Wildman–Crippen LogP) is 3.36. The van der Waals surface area contributed by atoms with Gasteiger partial charge in [0, 0.05) is 12.5 Å². The summed E-state index contributed by atoms with van der Waals surface area (Å²) in [6.07, 6.45) is 0.685. The van der Waals surface area contributed by atoms with Crippen LogP contribution in [0.5, 0.6) is 11.6 Å². The monoisotopic (exact) mass is 259 g/mol. The maximum absolute atomic E-state index is 8.69. The minimum absolute atomic E-state index is 0.352. The van der Waals surface area contributed by atoms with E-state index in [0.29, 0.717) is 34.6 Å². The molecule has 0 spiro atoms. The summed E-state index contributed by atoms with van der Waals surface area (Å²) in [6.45, 7) is 1.94. The molecule has 0 aliphatic rings. The lowest BCUT2D eigenvalue weighted by atomic mass is 10.2. The lowest BCUT2D eigenvalue weighted by Gasteiger charge is -2.06. The topological polar surface area (TPSA) is 58.8 Å². The third kappa shape index (κ3) is 2.96. The Kier molecular flexibility index (Phi) is 3.75. The van der Waals surface area contributed by atoms with Crippen LogP contribution in [0.3, 0.4) is 0 Å². The van der Waals surface area contributed by atoms with Gasteiger partial charge < -0.3 is 4.74 Å². The Bertz CT molecular complexity index is 590. The molecule has 5 heteroatoms. The van der Waals surface area contributed by atoms with Crippen molar-refractivity contribution in [1.82, 2.24) is 9.97 Å². The predicted molar refractivity (Wildman–Crippen MR) is 67.7 cm³/mol. The first-order valence-electron chi connectivity index (χ1n) is 5.42. The molecule has 2 aromatic rings. The van der Waals surface area contributed by atoms with Crippen LogP contribution in [-0.2, 0) is 6.42 Å². The van der Waals surface area contributed by atoms with Gasteiger partial charge in [-0.3, -0.25) is 0 Å². The van der Waals surface area contributed by atoms with Crippen molar-refractivity contribution in [3.05, 3.63) is 46.9 Å². The van der Waals surface area contributed by atoms with Crippen molar-refractivity contribution in [2.45, 2.75) is 13.3 Å². The van der Waals surface area contributed by atoms with Crippen molar-refractivity contribution in [3.8, 4) is 17.7 Å². The molecule has 4 nitrogen and oxygen atoms in total. The minimum atomic E-state index is 0.352. The second kappa shape index (κ2) is 5.48. The molecule has 0 bridgehead atoms. The molecule has 1 aromatic carbocycles. The van der Waals surface area contributed by atoms with Gasteiger partial charge in [0.25, 0.3) is 0 Å². The van der Waals surface area contributed by atoms with Crippen molar-refractivity contribution in [2.75, 3.05) is 0 Å². The van der Waals surface area contributed by atoms with Crippen LogP contribution in [0.2, 0.25) is 5.15 Å². The molecule has 2 rings (SSSR count). The van der Waals surface area contributed by atoms with E-state index >= 15 is 0 Å². The van der Waals surface area contributed by atoms with Crippen LogP contribution in [0.15, 0.2) is 30.3 Å². The maximum atomic E-state index is 8.69. The van der Waals surface area contributed by atoms with Crippen LogP contribution in [0.25, 0.3) is 0 Å². The van der Waals surface area contributed by atoms with Gasteiger partial charge in [-0.1, -0.05) is 18.5 Å². The van der Waals surface area contributed by atoms with Gasteiger partial charge in [0.2, 0.25) is 5.88 Å². The van der Waals surface area contributed by atoms with Gasteiger partial charge in [0.1, 0.15) is 16.7 Å². The lowest BCUT2D eigenvalue weighted by Crippen LogP contribution is -1.96. The fourth-order valence-electron chi connectivity index (χ4n) is 1.37. The molecule has 0 saturated heterocycles. The molecule has 18 heavy (non-hydrogen) atoms. The van der Waals surface area contributed by atoms with E-state index in [9.17, 15) is 0 Å². The number of hydrogen-bond acceptors (Lipinski definition) is 4. The van der Waals surface area contributed by atoms with Crippen LogP contribution in [0.1, 0.15) is 18.3 Å². The number of halogens is 1. The number of ether oxygens (including phenoxy) is 1. The van der Waals surface area contributed by atoms with E-state index in [-0.39, 0.29) is 0 Å². The Morgan fingerprint density at radius 1 is 1.28 bits per heavy atom. The molecule has 1 aromatic heterocycles. The zero-order chi connectivity index (χ0) is 13.0. The van der Waals surface area contributed by atoms with Crippen LogP contribution < -0.4 is 4.74 Å². The molecule has 0 aliphatic heterocycles. The van der Waals surface area contributed by atoms with E-state index in [4.69, 9.17) is 21.6 Å². The first-order chi connectivity index (χ1) is 8.71. The molecule has 0 saturated carbocycles. The van der Waals surface area contributed by atoms with Gasteiger partial charge in [-0.2, -0.15) is 10.2 Å². The highest BCUT2D eigenvalue weighted by Gasteiger charge is 2.04. The number of rotatable bonds is 3. The molecule has 90 valence electrons. The van der Waals surface area contributed by atoms with Gasteiger partial charge in [-0.15, -0.1) is 0 Å². The number of nitriles is 1. The van der Waals surface area contributed by atoms with Gasteiger partial charge in [-0.05, 0) is 24.3 Å². The molecule has 0 radical (unpaired) electrons. The minimum Gasteiger partial charge on any atom is -0.439 e. The van der Waals surface area contributed by atoms with Crippen molar-refractivity contribution >= 4 is 11.6 Å². The molecule has 0 atom stereocenters. The second-order valence-corrected chi connectivity index (χ2v) is 3.92. The number of nitrogens with zero attached hydrogens (tertiary/aromatic N) is 3. The Morgan fingerprint density at radius 3 is 2.61 bits per heavy atom. The summed E-state index contributed by atoms with van der Waals surface area (Å²) < 4.78 is 5.56. The number of benzene rings is 1. The second-order valence-electron chi connectivity index (χ2n) is 3.54. The van der Waals surface area contributed by atoms with Crippen LogP contribution >= 0.6 is 11.6 Å². The first kappa shape index (κ1) is 12.3. The Balaban J connectivity index is 2.22. The summed E-state index contributed by atoms with van der Waals surface area (Å²) >= 11 is 5.87. The van der Waals surface area contributed by atoms with E-state index in [1.54, 1.807) is 30.3 Å². The number of hydrogen-bond donors (Lipinski definition) is 0. The van der Waals surface area contributed by atoms with Gasteiger partial charge in [0.05, 0.1) is 11.6 Å². The highest BCUT2D eigenvalue weighted by atomic mass is 35.5. The summed E-state index contributed by atoms with van der Waals surface area (Å²) in [5.74, 6) is 1.63. The molecular weight excluding hydrogens is 250 g/mol. The SMILES string of the molecule is CCc1nc(Cl)cc(Oc2ccc(C#N)cc2)n1. The smallest absolute Gasteiger partial charge is 0.224 e. The summed E-state index contributed by atoms with van der Waals surface area (Å²) in [7, 11) is 0. The zero-order valence-corrected chi connectivity index (χ0v) is 10.5. The van der Waals surface area contributed by atoms with E-state index in [2.05, 4.69) is 9.97 Å². The van der Waals surface area contributed by atoms with Gasteiger partial charge in [0.15, 0.2) is 0 Å². The molecule has 0 fully saturated rings. The normalized spacial score (nSPS) is 9.83. The highest BCUT2D eigenvalue weighted by molar-refractivity contribution is 6.29. The fourth-order valence-corrected chi connectivity index (χ4v) is 1.56. The third-order valence-electron chi connectivity index (χ3n) is 2.24. The Labute approximate surface area is 110 Å². The van der Waals surface area contributed by atoms with E-state index in [1.165, 1.54) is 0 Å². The summed E-state index contributed by atoms with van der Waals surface area (Å²) in [5.41, 5.74) is 0.581. The number of aryl methyl sites for hydroxylation is 1.